The molecule has 1 fully saturated rings. The Morgan fingerprint density at radius 1 is 0.933 bits per heavy atom. The number of hydrogen-bond donors (Lipinski definition) is 2. The van der Waals surface area contributed by atoms with E-state index in [9.17, 15) is 5.11 Å². The molecule has 0 aliphatic heterocycles. The molecule has 2 nitrogen and oxygen atoms in total. The minimum absolute atomic E-state index is 0.219. The zero-order chi connectivity index (χ0) is 12.1. The third-order valence-electron chi connectivity index (χ3n) is 3.76. The number of nitrogens with two attached hydrogens (primary N) is 1. The molecule has 3 N–H and O–H groups in total. The molecule has 0 aromatic carbocycles. The fraction of sp³-hybridized carbons (Fsp3) is 1.00. The lowest BCUT2D eigenvalue weighted by Crippen LogP contribution is -2.63. The molecule has 0 saturated heterocycles. The molecule has 1 rings (SSSR count). The SMILES string of the molecule is CC1(C)CC(C)(C)CC(N)(C(C)(C)O)C1. The fourth-order valence-electron chi connectivity index (χ4n) is 3.62. The van der Waals surface area contributed by atoms with E-state index in [-0.39, 0.29) is 10.8 Å². The maximum absolute atomic E-state index is 10.2. The summed E-state index contributed by atoms with van der Waals surface area (Å²) in [4.78, 5) is 0. The monoisotopic (exact) mass is 213 g/mol. The Bertz CT molecular complexity index is 232. The van der Waals surface area contributed by atoms with Crippen molar-refractivity contribution in [2.45, 2.75) is 71.9 Å². The lowest BCUT2D eigenvalue weighted by atomic mass is 9.55. The minimum atomic E-state index is -0.804. The quantitative estimate of drug-likeness (QED) is 0.703. The molecule has 15 heavy (non-hydrogen) atoms. The first-order valence-corrected chi connectivity index (χ1v) is 5.88. The van der Waals surface area contributed by atoms with E-state index in [0.29, 0.717) is 0 Å². The van der Waals surface area contributed by atoms with Crippen molar-refractivity contribution in [1.29, 1.82) is 0 Å². The number of aliphatic hydroxyl groups is 1. The molecule has 0 aromatic rings. The minimum Gasteiger partial charge on any atom is -0.389 e. The van der Waals surface area contributed by atoms with Crippen molar-refractivity contribution < 1.29 is 5.11 Å². The van der Waals surface area contributed by atoms with E-state index in [0.717, 1.165) is 12.8 Å². The van der Waals surface area contributed by atoms with Crippen LogP contribution in [0.2, 0.25) is 0 Å². The summed E-state index contributed by atoms with van der Waals surface area (Å²) in [5.41, 5.74) is 5.61. The predicted molar refractivity (Wildman–Crippen MR) is 64.6 cm³/mol. The molecular weight excluding hydrogens is 186 g/mol. The molecule has 0 spiro atoms. The first kappa shape index (κ1) is 13.0. The Morgan fingerprint density at radius 2 is 1.27 bits per heavy atom. The van der Waals surface area contributed by atoms with Gasteiger partial charge in [0, 0.05) is 5.54 Å². The van der Waals surface area contributed by atoms with Crippen molar-refractivity contribution in [3.8, 4) is 0 Å². The molecule has 1 aliphatic carbocycles. The van der Waals surface area contributed by atoms with Gasteiger partial charge in [-0.15, -0.1) is 0 Å². The second kappa shape index (κ2) is 3.21. The van der Waals surface area contributed by atoms with Gasteiger partial charge in [0.1, 0.15) is 0 Å². The fourth-order valence-corrected chi connectivity index (χ4v) is 3.62. The third-order valence-corrected chi connectivity index (χ3v) is 3.76. The zero-order valence-electron chi connectivity index (χ0n) is 11.1. The van der Waals surface area contributed by atoms with Crippen molar-refractivity contribution >= 4 is 0 Å². The van der Waals surface area contributed by atoms with Gasteiger partial charge >= 0.3 is 0 Å². The summed E-state index contributed by atoms with van der Waals surface area (Å²) in [6.45, 7) is 12.7. The topological polar surface area (TPSA) is 46.2 Å². The van der Waals surface area contributed by atoms with Gasteiger partial charge in [0.25, 0.3) is 0 Å². The lowest BCUT2D eigenvalue weighted by Gasteiger charge is -2.54. The van der Waals surface area contributed by atoms with Gasteiger partial charge in [-0.25, -0.2) is 0 Å². The van der Waals surface area contributed by atoms with Gasteiger partial charge in [-0.1, -0.05) is 27.7 Å². The molecule has 0 heterocycles. The Labute approximate surface area is 94.2 Å². The zero-order valence-corrected chi connectivity index (χ0v) is 11.1. The molecular formula is C13H27NO. The molecule has 0 bridgehead atoms. The second-order valence-electron chi connectivity index (χ2n) is 7.57. The van der Waals surface area contributed by atoms with Crippen molar-refractivity contribution in [2.24, 2.45) is 16.6 Å². The smallest absolute Gasteiger partial charge is 0.0770 e. The van der Waals surface area contributed by atoms with Crippen molar-refractivity contribution in [3.05, 3.63) is 0 Å². The molecule has 0 atom stereocenters. The molecule has 2 heteroatoms. The van der Waals surface area contributed by atoms with Crippen LogP contribution in [0, 0.1) is 10.8 Å². The van der Waals surface area contributed by atoms with Crippen LogP contribution in [0.25, 0.3) is 0 Å². The summed E-state index contributed by atoms with van der Waals surface area (Å²) in [7, 11) is 0. The summed E-state index contributed by atoms with van der Waals surface area (Å²) in [5.74, 6) is 0. The molecule has 0 radical (unpaired) electrons. The van der Waals surface area contributed by atoms with Crippen LogP contribution in [0.1, 0.15) is 60.8 Å². The van der Waals surface area contributed by atoms with E-state index in [1.165, 1.54) is 6.42 Å². The Morgan fingerprint density at radius 3 is 1.53 bits per heavy atom. The highest BCUT2D eigenvalue weighted by Crippen LogP contribution is 2.52. The number of rotatable bonds is 1. The van der Waals surface area contributed by atoms with Crippen LogP contribution in [0.3, 0.4) is 0 Å². The van der Waals surface area contributed by atoms with Crippen molar-refractivity contribution in [1.82, 2.24) is 0 Å². The van der Waals surface area contributed by atoms with E-state index in [4.69, 9.17) is 5.73 Å². The van der Waals surface area contributed by atoms with Crippen LogP contribution >= 0.6 is 0 Å². The normalized spacial score (nSPS) is 28.8. The summed E-state index contributed by atoms with van der Waals surface area (Å²) < 4.78 is 0. The third kappa shape index (κ3) is 2.73. The van der Waals surface area contributed by atoms with E-state index < -0.39 is 11.1 Å². The van der Waals surface area contributed by atoms with Crippen molar-refractivity contribution in [2.75, 3.05) is 0 Å². The highest BCUT2D eigenvalue weighted by atomic mass is 16.3. The van der Waals surface area contributed by atoms with Crippen LogP contribution in [0.4, 0.5) is 0 Å². The van der Waals surface area contributed by atoms with Crippen LogP contribution in [0.15, 0.2) is 0 Å². The summed E-state index contributed by atoms with van der Waals surface area (Å²) in [6.07, 6.45) is 2.97. The molecule has 0 amide bonds. The Hall–Kier alpha value is -0.0800. The predicted octanol–water partition coefficient (Wildman–Crippen LogP) is 2.69. The average Bonchev–Trinajstić information content (AvgIpc) is 1.72. The van der Waals surface area contributed by atoms with E-state index >= 15 is 0 Å². The van der Waals surface area contributed by atoms with Gasteiger partial charge in [-0.2, -0.15) is 0 Å². The summed E-state index contributed by atoms with van der Waals surface area (Å²) in [6, 6.07) is 0. The summed E-state index contributed by atoms with van der Waals surface area (Å²) >= 11 is 0. The van der Waals surface area contributed by atoms with Gasteiger partial charge in [-0.3, -0.25) is 0 Å². The van der Waals surface area contributed by atoms with Gasteiger partial charge in [0.15, 0.2) is 0 Å². The van der Waals surface area contributed by atoms with E-state index in [1.807, 2.05) is 13.8 Å². The first-order chi connectivity index (χ1) is 6.37. The Kier molecular flexibility index (Phi) is 2.78. The van der Waals surface area contributed by atoms with Crippen LogP contribution in [-0.2, 0) is 0 Å². The molecule has 0 aromatic heterocycles. The van der Waals surface area contributed by atoms with E-state index in [1.54, 1.807) is 0 Å². The van der Waals surface area contributed by atoms with Gasteiger partial charge < -0.3 is 10.8 Å². The van der Waals surface area contributed by atoms with Crippen LogP contribution < -0.4 is 5.73 Å². The first-order valence-electron chi connectivity index (χ1n) is 5.88. The van der Waals surface area contributed by atoms with Crippen LogP contribution in [0.5, 0.6) is 0 Å². The maximum Gasteiger partial charge on any atom is 0.0770 e. The van der Waals surface area contributed by atoms with Gasteiger partial charge in [0.05, 0.1) is 5.60 Å². The average molecular weight is 213 g/mol. The van der Waals surface area contributed by atoms with E-state index in [2.05, 4.69) is 27.7 Å². The maximum atomic E-state index is 10.2. The Balaban J connectivity index is 3.03. The lowest BCUT2D eigenvalue weighted by molar-refractivity contribution is -0.0763. The second-order valence-corrected chi connectivity index (χ2v) is 7.57. The number of hydrogen-bond acceptors (Lipinski definition) is 2. The highest BCUT2D eigenvalue weighted by Gasteiger charge is 2.51. The van der Waals surface area contributed by atoms with Crippen LogP contribution in [-0.4, -0.2) is 16.2 Å². The molecule has 1 aliphatic rings. The van der Waals surface area contributed by atoms with Crippen molar-refractivity contribution in [3.63, 3.8) is 0 Å². The highest BCUT2D eigenvalue weighted by molar-refractivity contribution is 5.08. The largest absolute Gasteiger partial charge is 0.389 e. The van der Waals surface area contributed by atoms with Gasteiger partial charge in [0.2, 0.25) is 0 Å². The molecule has 1 saturated carbocycles. The standard InChI is InChI=1S/C13H27NO/c1-10(2)7-11(3,4)9-13(14,8-10)12(5,6)15/h15H,7-9,14H2,1-6H3. The molecule has 90 valence electrons. The molecule has 0 unspecified atom stereocenters. The van der Waals surface area contributed by atoms with Gasteiger partial charge in [-0.05, 0) is 43.9 Å². The summed E-state index contributed by atoms with van der Waals surface area (Å²) in [5, 5.41) is 10.2.